The molecule has 0 bridgehead atoms. The van der Waals surface area contributed by atoms with Crippen LogP contribution in [0.4, 0.5) is 0 Å². The lowest BCUT2D eigenvalue weighted by atomic mass is 9.98. The van der Waals surface area contributed by atoms with E-state index >= 15 is 0 Å². The van der Waals surface area contributed by atoms with Crippen molar-refractivity contribution in [1.82, 2.24) is 10.2 Å². The summed E-state index contributed by atoms with van der Waals surface area (Å²) in [6, 6.07) is 4.44. The van der Waals surface area contributed by atoms with Gasteiger partial charge in [0.1, 0.15) is 6.17 Å². The van der Waals surface area contributed by atoms with E-state index in [-0.39, 0.29) is 18.1 Å². The molecule has 21 heavy (non-hydrogen) atoms. The van der Waals surface area contributed by atoms with Crippen molar-refractivity contribution < 1.29 is 9.53 Å². The molecule has 0 saturated carbocycles. The number of amides is 1. The van der Waals surface area contributed by atoms with Crippen molar-refractivity contribution in [3.05, 3.63) is 22.4 Å². The van der Waals surface area contributed by atoms with Crippen molar-refractivity contribution in [1.29, 1.82) is 0 Å². The van der Waals surface area contributed by atoms with Crippen LogP contribution in [0.1, 0.15) is 44.2 Å². The summed E-state index contributed by atoms with van der Waals surface area (Å²) in [5, 5.41) is 5.67. The SMILES string of the molecule is CCC(C)C1NC(c2cccs2)N(C2CCOCC2)C1=O. The Morgan fingerprint density at radius 3 is 2.86 bits per heavy atom. The van der Waals surface area contributed by atoms with Crippen LogP contribution in [0.5, 0.6) is 0 Å². The second kappa shape index (κ2) is 6.46. The minimum atomic E-state index is -0.0510. The van der Waals surface area contributed by atoms with E-state index in [0.717, 1.165) is 32.5 Å². The topological polar surface area (TPSA) is 41.6 Å². The number of hydrogen-bond acceptors (Lipinski definition) is 4. The van der Waals surface area contributed by atoms with Crippen molar-refractivity contribution in [3.63, 3.8) is 0 Å². The van der Waals surface area contributed by atoms with Gasteiger partial charge in [-0.15, -0.1) is 11.3 Å². The van der Waals surface area contributed by atoms with E-state index in [1.54, 1.807) is 11.3 Å². The maximum absolute atomic E-state index is 12.9. The van der Waals surface area contributed by atoms with Crippen LogP contribution in [0.2, 0.25) is 0 Å². The molecule has 3 heterocycles. The van der Waals surface area contributed by atoms with Crippen molar-refractivity contribution in [2.75, 3.05) is 13.2 Å². The summed E-state index contributed by atoms with van der Waals surface area (Å²) in [6.45, 7) is 5.84. The minimum absolute atomic E-state index is 0.0413. The molecule has 0 radical (unpaired) electrons. The number of carbonyl (C=O) groups excluding carboxylic acids is 1. The lowest BCUT2D eigenvalue weighted by Gasteiger charge is -2.34. The van der Waals surface area contributed by atoms with Crippen LogP contribution < -0.4 is 5.32 Å². The van der Waals surface area contributed by atoms with Crippen molar-refractivity contribution in [2.24, 2.45) is 5.92 Å². The summed E-state index contributed by atoms with van der Waals surface area (Å²) in [5.74, 6) is 0.638. The van der Waals surface area contributed by atoms with Gasteiger partial charge in [0.2, 0.25) is 5.91 Å². The first kappa shape index (κ1) is 15.0. The quantitative estimate of drug-likeness (QED) is 0.930. The number of nitrogens with one attached hydrogen (secondary N) is 1. The third kappa shape index (κ3) is 2.87. The van der Waals surface area contributed by atoms with Crippen molar-refractivity contribution in [3.8, 4) is 0 Å². The zero-order valence-corrected chi connectivity index (χ0v) is 13.6. The first-order chi connectivity index (χ1) is 10.2. The van der Waals surface area contributed by atoms with Gasteiger partial charge in [-0.2, -0.15) is 0 Å². The molecule has 2 aliphatic rings. The molecule has 1 N–H and O–H groups in total. The molecule has 3 atom stereocenters. The Labute approximate surface area is 130 Å². The average molecular weight is 308 g/mol. The maximum Gasteiger partial charge on any atom is 0.241 e. The Hall–Kier alpha value is -0.910. The van der Waals surface area contributed by atoms with E-state index in [2.05, 4.69) is 41.6 Å². The molecule has 2 saturated heterocycles. The van der Waals surface area contributed by atoms with Crippen LogP contribution in [-0.2, 0) is 9.53 Å². The van der Waals surface area contributed by atoms with E-state index in [9.17, 15) is 4.79 Å². The smallest absolute Gasteiger partial charge is 0.241 e. The van der Waals surface area contributed by atoms with Crippen LogP contribution in [0.3, 0.4) is 0 Å². The summed E-state index contributed by atoms with van der Waals surface area (Å²) >= 11 is 1.72. The molecular formula is C16H24N2O2S. The van der Waals surface area contributed by atoms with Crippen LogP contribution in [-0.4, -0.2) is 36.1 Å². The number of nitrogens with zero attached hydrogens (tertiary/aromatic N) is 1. The highest BCUT2D eigenvalue weighted by atomic mass is 32.1. The van der Waals surface area contributed by atoms with E-state index in [1.807, 2.05) is 0 Å². The van der Waals surface area contributed by atoms with Gasteiger partial charge in [0, 0.05) is 24.1 Å². The fraction of sp³-hybridized carbons (Fsp3) is 0.688. The van der Waals surface area contributed by atoms with Crippen LogP contribution in [0.15, 0.2) is 17.5 Å². The van der Waals surface area contributed by atoms with Crippen LogP contribution in [0.25, 0.3) is 0 Å². The molecule has 1 aromatic heterocycles. The van der Waals surface area contributed by atoms with E-state index in [1.165, 1.54) is 4.88 Å². The molecule has 1 amide bonds. The monoisotopic (exact) mass is 308 g/mol. The van der Waals surface area contributed by atoms with E-state index in [0.29, 0.717) is 12.0 Å². The number of thiophene rings is 1. The van der Waals surface area contributed by atoms with Gasteiger partial charge in [-0.3, -0.25) is 10.1 Å². The summed E-state index contributed by atoms with van der Waals surface area (Å²) in [6.07, 6.45) is 2.95. The molecule has 5 heteroatoms. The molecule has 116 valence electrons. The molecule has 3 unspecified atom stereocenters. The summed E-state index contributed by atoms with van der Waals surface area (Å²) in [4.78, 5) is 16.3. The molecule has 1 aromatic rings. The third-order valence-electron chi connectivity index (χ3n) is 4.75. The first-order valence-corrected chi connectivity index (χ1v) is 8.79. The highest BCUT2D eigenvalue weighted by molar-refractivity contribution is 7.10. The molecular weight excluding hydrogens is 284 g/mol. The molecule has 3 rings (SSSR count). The van der Waals surface area contributed by atoms with Gasteiger partial charge in [-0.1, -0.05) is 26.3 Å². The fourth-order valence-corrected chi connectivity index (χ4v) is 4.05. The number of ether oxygens (including phenoxy) is 1. The molecule has 2 fully saturated rings. The fourth-order valence-electron chi connectivity index (χ4n) is 3.27. The molecule has 0 aromatic carbocycles. The summed E-state index contributed by atoms with van der Waals surface area (Å²) in [7, 11) is 0. The number of carbonyl (C=O) groups is 1. The zero-order chi connectivity index (χ0) is 14.8. The van der Waals surface area contributed by atoms with Gasteiger partial charge < -0.3 is 9.64 Å². The molecule has 0 aliphatic carbocycles. The Morgan fingerprint density at radius 1 is 1.48 bits per heavy atom. The zero-order valence-electron chi connectivity index (χ0n) is 12.7. The van der Waals surface area contributed by atoms with Gasteiger partial charge in [0.05, 0.1) is 6.04 Å². The first-order valence-electron chi connectivity index (χ1n) is 7.91. The predicted molar refractivity (Wildman–Crippen MR) is 84.1 cm³/mol. The van der Waals surface area contributed by atoms with Crippen molar-refractivity contribution in [2.45, 2.75) is 51.4 Å². The molecule has 0 spiro atoms. The summed E-state index contributed by atoms with van der Waals surface area (Å²) in [5.41, 5.74) is 0. The highest BCUT2D eigenvalue weighted by Crippen LogP contribution is 2.35. The Morgan fingerprint density at radius 2 is 2.24 bits per heavy atom. The number of rotatable bonds is 4. The van der Waals surface area contributed by atoms with E-state index in [4.69, 9.17) is 4.74 Å². The number of hydrogen-bond donors (Lipinski definition) is 1. The van der Waals surface area contributed by atoms with Gasteiger partial charge in [-0.25, -0.2) is 0 Å². The highest BCUT2D eigenvalue weighted by Gasteiger charge is 2.45. The normalized spacial score (nSPS) is 29.0. The largest absolute Gasteiger partial charge is 0.381 e. The lowest BCUT2D eigenvalue weighted by Crippen LogP contribution is -2.43. The lowest BCUT2D eigenvalue weighted by molar-refractivity contribution is -0.135. The Bertz CT molecular complexity index is 471. The van der Waals surface area contributed by atoms with Crippen LogP contribution >= 0.6 is 11.3 Å². The Kier molecular flexibility index (Phi) is 4.62. The van der Waals surface area contributed by atoms with Gasteiger partial charge in [0.15, 0.2) is 0 Å². The van der Waals surface area contributed by atoms with Crippen molar-refractivity contribution >= 4 is 17.2 Å². The van der Waals surface area contributed by atoms with Crippen LogP contribution in [0, 0.1) is 5.92 Å². The molecule has 2 aliphatic heterocycles. The summed E-state index contributed by atoms with van der Waals surface area (Å²) < 4.78 is 5.46. The minimum Gasteiger partial charge on any atom is -0.381 e. The van der Waals surface area contributed by atoms with Gasteiger partial charge in [0.25, 0.3) is 0 Å². The van der Waals surface area contributed by atoms with Gasteiger partial charge >= 0.3 is 0 Å². The predicted octanol–water partition coefficient (Wildman–Crippen LogP) is 2.77. The van der Waals surface area contributed by atoms with E-state index < -0.39 is 0 Å². The third-order valence-corrected chi connectivity index (χ3v) is 5.67. The standard InChI is InChI=1S/C16H24N2O2S/c1-3-11(2)14-16(19)18(12-6-8-20-9-7-12)15(17-14)13-5-4-10-21-13/h4-5,10-12,14-15,17H,3,6-9H2,1-2H3. The average Bonchev–Trinajstić information content (AvgIpc) is 3.15. The van der Waals surface area contributed by atoms with Gasteiger partial charge in [-0.05, 0) is 30.2 Å². The Balaban J connectivity index is 1.86. The molecule has 4 nitrogen and oxygen atoms in total. The second-order valence-corrected chi connectivity index (χ2v) is 7.02. The second-order valence-electron chi connectivity index (χ2n) is 6.04. The maximum atomic E-state index is 12.9.